The summed E-state index contributed by atoms with van der Waals surface area (Å²) in [5.74, 6) is 1.64. The SMILES string of the molecule is CNC1CC(C)CCC1C(C)(C)Cc1nccs1. The van der Waals surface area contributed by atoms with Gasteiger partial charge in [0.1, 0.15) is 0 Å². The van der Waals surface area contributed by atoms with Crippen LogP contribution in [0.1, 0.15) is 45.0 Å². The molecule has 1 fully saturated rings. The molecule has 0 aromatic carbocycles. The van der Waals surface area contributed by atoms with Gasteiger partial charge >= 0.3 is 0 Å². The standard InChI is InChI=1S/C15H26N2S/c1-11-5-6-12(13(9-11)16-4)15(2,3)10-14-17-7-8-18-14/h7-8,11-13,16H,5-6,9-10H2,1-4H3. The fraction of sp³-hybridized carbons (Fsp3) is 0.800. The summed E-state index contributed by atoms with van der Waals surface area (Å²) in [6, 6.07) is 0.670. The molecule has 3 heteroatoms. The molecule has 1 aliphatic carbocycles. The first-order valence-corrected chi connectivity index (χ1v) is 7.96. The van der Waals surface area contributed by atoms with Crippen LogP contribution in [0.15, 0.2) is 11.6 Å². The highest BCUT2D eigenvalue weighted by atomic mass is 32.1. The minimum Gasteiger partial charge on any atom is -0.317 e. The van der Waals surface area contributed by atoms with Crippen molar-refractivity contribution in [2.45, 2.75) is 52.5 Å². The predicted molar refractivity (Wildman–Crippen MR) is 79.0 cm³/mol. The predicted octanol–water partition coefficient (Wildman–Crippen LogP) is 3.74. The lowest BCUT2D eigenvalue weighted by molar-refractivity contribution is 0.0980. The van der Waals surface area contributed by atoms with Crippen molar-refractivity contribution >= 4 is 11.3 Å². The first-order valence-electron chi connectivity index (χ1n) is 7.08. The highest BCUT2D eigenvalue weighted by Gasteiger charge is 2.38. The van der Waals surface area contributed by atoms with Crippen molar-refractivity contribution in [1.29, 1.82) is 0 Å². The van der Waals surface area contributed by atoms with Crippen molar-refractivity contribution in [1.82, 2.24) is 10.3 Å². The van der Waals surface area contributed by atoms with Gasteiger partial charge in [-0.3, -0.25) is 0 Å². The Labute approximate surface area is 115 Å². The van der Waals surface area contributed by atoms with E-state index in [1.54, 1.807) is 11.3 Å². The largest absolute Gasteiger partial charge is 0.317 e. The summed E-state index contributed by atoms with van der Waals surface area (Å²) < 4.78 is 0. The number of nitrogens with zero attached hydrogens (tertiary/aromatic N) is 1. The Hall–Kier alpha value is -0.410. The third-order valence-corrected chi connectivity index (χ3v) is 5.36. The van der Waals surface area contributed by atoms with Gasteiger partial charge in [-0.15, -0.1) is 11.3 Å². The van der Waals surface area contributed by atoms with Crippen LogP contribution in [0.25, 0.3) is 0 Å². The van der Waals surface area contributed by atoms with E-state index < -0.39 is 0 Å². The summed E-state index contributed by atoms with van der Waals surface area (Å²) >= 11 is 1.79. The zero-order valence-corrected chi connectivity index (χ0v) is 12.9. The second-order valence-electron chi connectivity index (χ2n) is 6.51. The lowest BCUT2D eigenvalue weighted by Gasteiger charge is -2.44. The molecule has 1 aromatic rings. The molecular weight excluding hydrogens is 240 g/mol. The molecule has 0 aliphatic heterocycles. The number of rotatable bonds is 4. The topological polar surface area (TPSA) is 24.9 Å². The van der Waals surface area contributed by atoms with Gasteiger partial charge in [0.25, 0.3) is 0 Å². The van der Waals surface area contributed by atoms with Gasteiger partial charge in [0.05, 0.1) is 5.01 Å². The minimum atomic E-state index is 0.339. The lowest BCUT2D eigenvalue weighted by Crippen LogP contribution is -2.46. The Balaban J connectivity index is 2.07. The fourth-order valence-electron chi connectivity index (χ4n) is 3.50. The maximum atomic E-state index is 4.46. The summed E-state index contributed by atoms with van der Waals surface area (Å²) in [6.07, 6.45) is 7.09. The summed E-state index contributed by atoms with van der Waals surface area (Å²) in [7, 11) is 2.12. The molecule has 102 valence electrons. The van der Waals surface area contributed by atoms with Gasteiger partial charge in [-0.1, -0.05) is 27.2 Å². The van der Waals surface area contributed by atoms with E-state index in [1.807, 2.05) is 6.20 Å². The van der Waals surface area contributed by atoms with Crippen molar-refractivity contribution in [2.24, 2.45) is 17.3 Å². The summed E-state index contributed by atoms with van der Waals surface area (Å²) in [5, 5.41) is 6.93. The molecule has 1 heterocycles. The number of nitrogens with one attached hydrogen (secondary N) is 1. The molecule has 2 rings (SSSR count). The molecule has 0 saturated heterocycles. The van der Waals surface area contributed by atoms with E-state index in [1.165, 1.54) is 24.3 Å². The molecule has 1 aliphatic rings. The Morgan fingerprint density at radius 1 is 1.44 bits per heavy atom. The highest BCUT2D eigenvalue weighted by molar-refractivity contribution is 7.09. The Bertz CT molecular complexity index is 359. The van der Waals surface area contributed by atoms with Gasteiger partial charge in [0.2, 0.25) is 0 Å². The number of hydrogen-bond acceptors (Lipinski definition) is 3. The molecule has 0 bridgehead atoms. The third-order valence-electron chi connectivity index (χ3n) is 4.58. The molecule has 0 radical (unpaired) electrons. The van der Waals surface area contributed by atoms with E-state index in [2.05, 4.69) is 43.5 Å². The van der Waals surface area contributed by atoms with Gasteiger partial charge in [0, 0.05) is 24.0 Å². The van der Waals surface area contributed by atoms with Crippen molar-refractivity contribution < 1.29 is 0 Å². The Morgan fingerprint density at radius 3 is 2.83 bits per heavy atom. The van der Waals surface area contributed by atoms with Gasteiger partial charge in [0.15, 0.2) is 0 Å². The van der Waals surface area contributed by atoms with Crippen LogP contribution >= 0.6 is 11.3 Å². The van der Waals surface area contributed by atoms with E-state index >= 15 is 0 Å². The summed E-state index contributed by atoms with van der Waals surface area (Å²) in [5.41, 5.74) is 0.339. The zero-order chi connectivity index (χ0) is 13.2. The quantitative estimate of drug-likeness (QED) is 0.898. The van der Waals surface area contributed by atoms with Crippen LogP contribution in [0.5, 0.6) is 0 Å². The number of thiazole rings is 1. The smallest absolute Gasteiger partial charge is 0.0930 e. The maximum absolute atomic E-state index is 4.46. The molecule has 0 spiro atoms. The molecule has 2 nitrogen and oxygen atoms in total. The molecule has 3 unspecified atom stereocenters. The van der Waals surface area contributed by atoms with Crippen molar-refractivity contribution in [3.05, 3.63) is 16.6 Å². The van der Waals surface area contributed by atoms with Gasteiger partial charge in [-0.2, -0.15) is 0 Å². The van der Waals surface area contributed by atoms with Crippen molar-refractivity contribution in [3.63, 3.8) is 0 Å². The van der Waals surface area contributed by atoms with E-state index in [9.17, 15) is 0 Å². The zero-order valence-electron chi connectivity index (χ0n) is 12.1. The Kier molecular flexibility index (Phi) is 4.44. The normalized spacial score (nSPS) is 29.4. The van der Waals surface area contributed by atoms with E-state index in [-0.39, 0.29) is 0 Å². The van der Waals surface area contributed by atoms with Crippen molar-refractivity contribution in [2.75, 3.05) is 7.05 Å². The van der Waals surface area contributed by atoms with Crippen LogP contribution in [0.3, 0.4) is 0 Å². The number of aromatic nitrogens is 1. The van der Waals surface area contributed by atoms with Crippen LogP contribution in [0.2, 0.25) is 0 Å². The van der Waals surface area contributed by atoms with Crippen LogP contribution in [0, 0.1) is 17.3 Å². The number of hydrogen-bond donors (Lipinski definition) is 1. The van der Waals surface area contributed by atoms with Crippen molar-refractivity contribution in [3.8, 4) is 0 Å². The second-order valence-corrected chi connectivity index (χ2v) is 7.49. The van der Waals surface area contributed by atoms with Crippen LogP contribution in [-0.2, 0) is 6.42 Å². The summed E-state index contributed by atoms with van der Waals surface area (Å²) in [6.45, 7) is 7.22. The molecular formula is C15H26N2S. The molecule has 3 atom stereocenters. The lowest BCUT2D eigenvalue weighted by atomic mass is 9.65. The van der Waals surface area contributed by atoms with Gasteiger partial charge in [-0.25, -0.2) is 4.98 Å². The monoisotopic (exact) mass is 266 g/mol. The third kappa shape index (κ3) is 3.12. The van der Waals surface area contributed by atoms with Gasteiger partial charge < -0.3 is 5.32 Å². The molecule has 1 saturated carbocycles. The first kappa shape index (κ1) is 14.0. The average Bonchev–Trinajstić information content (AvgIpc) is 2.80. The van der Waals surface area contributed by atoms with Crippen LogP contribution in [0.4, 0.5) is 0 Å². The van der Waals surface area contributed by atoms with E-state index in [4.69, 9.17) is 0 Å². The molecule has 1 N–H and O–H groups in total. The average molecular weight is 266 g/mol. The summed E-state index contributed by atoms with van der Waals surface area (Å²) in [4.78, 5) is 4.46. The van der Waals surface area contributed by atoms with Crippen LogP contribution in [-0.4, -0.2) is 18.1 Å². The minimum absolute atomic E-state index is 0.339. The van der Waals surface area contributed by atoms with E-state index in [0.717, 1.165) is 18.3 Å². The maximum Gasteiger partial charge on any atom is 0.0930 e. The first-order chi connectivity index (χ1) is 8.53. The second kappa shape index (κ2) is 5.70. The molecule has 18 heavy (non-hydrogen) atoms. The Morgan fingerprint density at radius 2 is 2.22 bits per heavy atom. The fourth-order valence-corrected chi connectivity index (χ4v) is 4.35. The van der Waals surface area contributed by atoms with Crippen LogP contribution < -0.4 is 5.32 Å². The highest BCUT2D eigenvalue weighted by Crippen LogP contribution is 2.42. The molecule has 1 aromatic heterocycles. The molecule has 0 amide bonds. The van der Waals surface area contributed by atoms with E-state index in [0.29, 0.717) is 11.5 Å². The van der Waals surface area contributed by atoms with Gasteiger partial charge in [-0.05, 0) is 37.1 Å².